The monoisotopic (exact) mass is 224 g/mol. The zero-order valence-electron chi connectivity index (χ0n) is 7.06. The number of rotatable bonds is 4. The van der Waals surface area contributed by atoms with Gasteiger partial charge in [0.05, 0.1) is 6.67 Å². The van der Waals surface area contributed by atoms with E-state index in [1.54, 1.807) is 0 Å². The van der Waals surface area contributed by atoms with Crippen LogP contribution in [0, 0.1) is 0 Å². The van der Waals surface area contributed by atoms with Crippen molar-refractivity contribution in [1.29, 1.82) is 0 Å². The van der Waals surface area contributed by atoms with Gasteiger partial charge in [0.1, 0.15) is 0 Å². The third kappa shape index (κ3) is 2.39. The van der Waals surface area contributed by atoms with Gasteiger partial charge in [-0.1, -0.05) is 0 Å². The highest BCUT2D eigenvalue weighted by atomic mass is 19.3. The minimum atomic E-state index is -4.50. The maximum Gasteiger partial charge on any atom is 0.305 e. The highest BCUT2D eigenvalue weighted by Gasteiger charge is 2.55. The van der Waals surface area contributed by atoms with Crippen LogP contribution in [-0.4, -0.2) is 18.3 Å². The molecule has 0 amide bonds. The summed E-state index contributed by atoms with van der Waals surface area (Å²) in [5, 5.41) is 0. The molecule has 0 aliphatic heterocycles. The van der Waals surface area contributed by atoms with Gasteiger partial charge in [0.25, 0.3) is 5.92 Å². The molecule has 0 aromatic heterocycles. The molecule has 0 N–H and O–H groups in total. The molecule has 84 valence electrons. The van der Waals surface area contributed by atoms with Gasteiger partial charge in [-0.3, -0.25) is 4.39 Å². The van der Waals surface area contributed by atoms with Crippen LogP contribution < -0.4 is 0 Å². The molecule has 14 heavy (non-hydrogen) atoms. The quantitative estimate of drug-likeness (QED) is 0.637. The number of halogens is 7. The topological polar surface area (TPSA) is 0 Å². The first-order valence-electron chi connectivity index (χ1n) is 3.50. The fourth-order valence-electron chi connectivity index (χ4n) is 0.691. The van der Waals surface area contributed by atoms with Crippen molar-refractivity contribution < 1.29 is 30.7 Å². The van der Waals surface area contributed by atoms with E-state index in [-0.39, 0.29) is 6.92 Å². The molecule has 0 fully saturated rings. The molecule has 0 rings (SSSR count). The summed E-state index contributed by atoms with van der Waals surface area (Å²) < 4.78 is 84.9. The molecule has 0 aliphatic rings. The van der Waals surface area contributed by atoms with Gasteiger partial charge in [-0.15, -0.1) is 0 Å². The first kappa shape index (κ1) is 13.2. The van der Waals surface area contributed by atoms with Gasteiger partial charge in [0.2, 0.25) is 11.5 Å². The number of alkyl halides is 4. The van der Waals surface area contributed by atoms with Crippen LogP contribution in [0.3, 0.4) is 0 Å². The molecule has 1 atom stereocenters. The summed E-state index contributed by atoms with van der Waals surface area (Å²) >= 11 is 0. The number of hydrogen-bond donors (Lipinski definition) is 0. The second-order valence-electron chi connectivity index (χ2n) is 2.72. The number of hydrogen-bond acceptors (Lipinski definition) is 0. The molecule has 1 unspecified atom stereocenters. The van der Waals surface area contributed by atoms with E-state index in [2.05, 4.69) is 0 Å². The molecule has 0 bridgehead atoms. The van der Waals surface area contributed by atoms with E-state index in [9.17, 15) is 30.7 Å². The molecule has 0 saturated heterocycles. The Labute approximate surface area is 75.4 Å². The molecule has 7 heteroatoms. The van der Waals surface area contributed by atoms with Crippen LogP contribution in [0.2, 0.25) is 0 Å². The Bertz CT molecular complexity index is 226. The molecule has 0 aliphatic carbocycles. The van der Waals surface area contributed by atoms with Crippen LogP contribution >= 0.6 is 0 Å². The van der Waals surface area contributed by atoms with Crippen molar-refractivity contribution >= 4 is 0 Å². The molecule has 0 spiro atoms. The van der Waals surface area contributed by atoms with Crippen molar-refractivity contribution in [1.82, 2.24) is 0 Å². The van der Waals surface area contributed by atoms with Crippen molar-refractivity contribution in [2.24, 2.45) is 0 Å². The van der Waals surface area contributed by atoms with Gasteiger partial charge in [-0.2, -0.15) is 8.78 Å². The molecular weight excluding hydrogens is 217 g/mol. The summed E-state index contributed by atoms with van der Waals surface area (Å²) in [5.74, 6) is -7.37. The second-order valence-corrected chi connectivity index (χ2v) is 2.72. The van der Waals surface area contributed by atoms with E-state index in [1.165, 1.54) is 0 Å². The highest BCUT2D eigenvalue weighted by Crippen LogP contribution is 2.42. The van der Waals surface area contributed by atoms with E-state index in [1.807, 2.05) is 0 Å². The summed E-state index contributed by atoms with van der Waals surface area (Å²) in [6.45, 7) is -1.69. The summed E-state index contributed by atoms with van der Waals surface area (Å²) in [7, 11) is 0. The van der Waals surface area contributed by atoms with Crippen molar-refractivity contribution in [3.05, 3.63) is 11.9 Å². The van der Waals surface area contributed by atoms with Gasteiger partial charge >= 0.3 is 6.08 Å². The Morgan fingerprint density at radius 2 is 1.50 bits per heavy atom. The van der Waals surface area contributed by atoms with Crippen LogP contribution in [0.25, 0.3) is 0 Å². The van der Waals surface area contributed by atoms with Crippen LogP contribution in [0.15, 0.2) is 11.9 Å². The summed E-state index contributed by atoms with van der Waals surface area (Å²) in [4.78, 5) is 0. The largest absolute Gasteiger partial charge is 0.305 e. The van der Waals surface area contributed by atoms with Crippen LogP contribution in [0.1, 0.15) is 13.3 Å². The summed E-state index contributed by atoms with van der Waals surface area (Å²) in [5.41, 5.74) is -4.18. The minimum Gasteiger partial charge on any atom is -0.251 e. The zero-order chi connectivity index (χ0) is 11.6. The maximum atomic E-state index is 12.9. The van der Waals surface area contributed by atoms with E-state index >= 15 is 0 Å². The molecule has 0 heterocycles. The average molecular weight is 224 g/mol. The predicted molar refractivity (Wildman–Crippen MR) is 35.4 cm³/mol. The van der Waals surface area contributed by atoms with Crippen molar-refractivity contribution in [3.8, 4) is 0 Å². The van der Waals surface area contributed by atoms with Gasteiger partial charge < -0.3 is 0 Å². The van der Waals surface area contributed by atoms with Crippen LogP contribution in [0.4, 0.5) is 30.7 Å². The highest BCUT2D eigenvalue weighted by molar-refractivity contribution is 5.14. The van der Waals surface area contributed by atoms with Crippen molar-refractivity contribution in [2.75, 3.05) is 6.67 Å². The van der Waals surface area contributed by atoms with Gasteiger partial charge in [-0.25, -0.2) is 17.6 Å². The maximum absolute atomic E-state index is 12.9. The SMILES string of the molecule is CC(F)(C(F)=C(F)F)C(F)(F)CCF. The lowest BCUT2D eigenvalue weighted by Gasteiger charge is -2.27. The van der Waals surface area contributed by atoms with Gasteiger partial charge in [-0.05, 0) is 6.92 Å². The average Bonchev–Trinajstić information content (AvgIpc) is 2.02. The standard InChI is InChI=1S/C7H7F7/c1-6(12,4(9)5(10)11)7(13,14)2-3-8/h2-3H2,1H3. The Morgan fingerprint density at radius 1 is 1.07 bits per heavy atom. The fourth-order valence-corrected chi connectivity index (χ4v) is 0.691. The normalized spacial score (nSPS) is 16.3. The third-order valence-corrected chi connectivity index (χ3v) is 1.67. The third-order valence-electron chi connectivity index (χ3n) is 1.67. The van der Waals surface area contributed by atoms with E-state index in [4.69, 9.17) is 0 Å². The van der Waals surface area contributed by atoms with Gasteiger partial charge in [0, 0.05) is 6.42 Å². The molecular formula is C7H7F7. The summed E-state index contributed by atoms with van der Waals surface area (Å²) in [6.07, 6.45) is -4.82. The molecule has 0 nitrogen and oxygen atoms in total. The smallest absolute Gasteiger partial charge is 0.251 e. The first-order chi connectivity index (χ1) is 6.16. The van der Waals surface area contributed by atoms with E-state index < -0.39 is 36.6 Å². The zero-order valence-corrected chi connectivity index (χ0v) is 7.06. The number of allylic oxidation sites excluding steroid dienone is 1. The van der Waals surface area contributed by atoms with E-state index in [0.29, 0.717) is 0 Å². The van der Waals surface area contributed by atoms with Gasteiger partial charge in [0.15, 0.2) is 0 Å². The fraction of sp³-hybridized carbons (Fsp3) is 0.714. The Balaban J connectivity index is 5.04. The Hall–Kier alpha value is -0.750. The minimum absolute atomic E-state index is 0.0584. The molecule has 0 radical (unpaired) electrons. The van der Waals surface area contributed by atoms with Crippen molar-refractivity contribution in [2.45, 2.75) is 24.9 Å². The van der Waals surface area contributed by atoms with Crippen LogP contribution in [0.5, 0.6) is 0 Å². The Morgan fingerprint density at radius 3 is 1.79 bits per heavy atom. The lowest BCUT2D eigenvalue weighted by atomic mass is 9.96. The summed E-state index contributed by atoms with van der Waals surface area (Å²) in [6, 6.07) is 0. The van der Waals surface area contributed by atoms with E-state index in [0.717, 1.165) is 0 Å². The van der Waals surface area contributed by atoms with Crippen LogP contribution in [-0.2, 0) is 0 Å². The predicted octanol–water partition coefficient (Wildman–Crippen LogP) is 3.79. The Kier molecular flexibility index (Phi) is 3.96. The first-order valence-corrected chi connectivity index (χ1v) is 3.50. The second kappa shape index (κ2) is 4.18. The molecule has 0 aromatic carbocycles. The lowest BCUT2D eigenvalue weighted by Crippen LogP contribution is -2.43. The lowest BCUT2D eigenvalue weighted by molar-refractivity contribution is -0.128. The molecule has 0 saturated carbocycles. The van der Waals surface area contributed by atoms with Crippen molar-refractivity contribution in [3.63, 3.8) is 0 Å². The molecule has 0 aromatic rings.